The normalized spacial score (nSPS) is 13.7. The Labute approximate surface area is 97.8 Å². The number of nitrogens with one attached hydrogen (secondary N) is 1. The van der Waals surface area contributed by atoms with Gasteiger partial charge in [-0.05, 0) is 32.0 Å². The fourth-order valence-corrected chi connectivity index (χ4v) is 3.53. The van der Waals surface area contributed by atoms with E-state index in [0.717, 1.165) is 12.1 Å². The standard InChI is InChI=1S/C12H19NO2S/c1-4-13-11(3)9-16(14,15)12-8-6-5-7-10(12)2/h5-8,11,13H,4,9H2,1-3H3. The predicted octanol–water partition coefficient (Wildman–Crippen LogP) is 1.77. The van der Waals surface area contributed by atoms with Crippen molar-refractivity contribution in [1.29, 1.82) is 0 Å². The van der Waals surface area contributed by atoms with Gasteiger partial charge in [-0.1, -0.05) is 25.1 Å². The summed E-state index contributed by atoms with van der Waals surface area (Å²) in [5.41, 5.74) is 0.811. The first kappa shape index (κ1) is 13.2. The number of benzene rings is 1. The zero-order chi connectivity index (χ0) is 12.2. The van der Waals surface area contributed by atoms with Gasteiger partial charge in [0.05, 0.1) is 10.6 Å². The maximum atomic E-state index is 12.1. The van der Waals surface area contributed by atoms with Crippen molar-refractivity contribution in [1.82, 2.24) is 5.32 Å². The molecule has 0 spiro atoms. The second kappa shape index (κ2) is 5.46. The summed E-state index contributed by atoms with van der Waals surface area (Å²) >= 11 is 0. The molecule has 1 unspecified atom stereocenters. The molecule has 0 aromatic heterocycles. The molecule has 4 heteroatoms. The van der Waals surface area contributed by atoms with Crippen LogP contribution in [0.15, 0.2) is 29.2 Å². The van der Waals surface area contributed by atoms with Gasteiger partial charge in [-0.2, -0.15) is 0 Å². The van der Waals surface area contributed by atoms with Gasteiger partial charge in [0.1, 0.15) is 0 Å². The van der Waals surface area contributed by atoms with Crippen LogP contribution in [-0.2, 0) is 9.84 Å². The van der Waals surface area contributed by atoms with Crippen molar-refractivity contribution in [3.63, 3.8) is 0 Å². The lowest BCUT2D eigenvalue weighted by Gasteiger charge is -2.13. The van der Waals surface area contributed by atoms with Gasteiger partial charge >= 0.3 is 0 Å². The van der Waals surface area contributed by atoms with E-state index in [1.165, 1.54) is 0 Å². The van der Waals surface area contributed by atoms with E-state index in [2.05, 4.69) is 5.32 Å². The van der Waals surface area contributed by atoms with Crippen LogP contribution in [0, 0.1) is 6.92 Å². The van der Waals surface area contributed by atoms with Crippen molar-refractivity contribution in [2.75, 3.05) is 12.3 Å². The summed E-state index contributed by atoms with van der Waals surface area (Å²) in [7, 11) is -3.17. The van der Waals surface area contributed by atoms with Crippen LogP contribution in [-0.4, -0.2) is 26.8 Å². The predicted molar refractivity (Wildman–Crippen MR) is 66.4 cm³/mol. The monoisotopic (exact) mass is 241 g/mol. The van der Waals surface area contributed by atoms with Crippen LogP contribution in [0.25, 0.3) is 0 Å². The van der Waals surface area contributed by atoms with Gasteiger partial charge in [0.15, 0.2) is 9.84 Å². The van der Waals surface area contributed by atoms with Crippen LogP contribution in [0.2, 0.25) is 0 Å². The molecule has 0 saturated carbocycles. The lowest BCUT2D eigenvalue weighted by Crippen LogP contribution is -2.32. The molecule has 0 saturated heterocycles. The first-order valence-electron chi connectivity index (χ1n) is 5.49. The molecule has 1 N–H and O–H groups in total. The van der Waals surface area contributed by atoms with E-state index in [0.29, 0.717) is 4.90 Å². The van der Waals surface area contributed by atoms with Gasteiger partial charge in [0.2, 0.25) is 0 Å². The van der Waals surface area contributed by atoms with E-state index in [4.69, 9.17) is 0 Å². The molecule has 0 radical (unpaired) electrons. The largest absolute Gasteiger partial charge is 0.314 e. The van der Waals surface area contributed by atoms with Crippen molar-refractivity contribution in [2.24, 2.45) is 0 Å². The number of aryl methyl sites for hydroxylation is 1. The molecule has 1 aromatic rings. The molecule has 90 valence electrons. The Bertz CT molecular complexity index is 440. The molecule has 0 amide bonds. The van der Waals surface area contributed by atoms with E-state index in [-0.39, 0.29) is 11.8 Å². The highest BCUT2D eigenvalue weighted by molar-refractivity contribution is 7.91. The van der Waals surface area contributed by atoms with Crippen LogP contribution in [0.3, 0.4) is 0 Å². The average Bonchev–Trinajstić information content (AvgIpc) is 2.17. The number of sulfone groups is 1. The minimum absolute atomic E-state index is 0.0189. The maximum absolute atomic E-state index is 12.1. The van der Waals surface area contributed by atoms with E-state index < -0.39 is 9.84 Å². The fraction of sp³-hybridized carbons (Fsp3) is 0.500. The fourth-order valence-electron chi connectivity index (χ4n) is 1.73. The zero-order valence-electron chi connectivity index (χ0n) is 10.0. The summed E-state index contributed by atoms with van der Waals surface area (Å²) in [4.78, 5) is 0.444. The lowest BCUT2D eigenvalue weighted by molar-refractivity contribution is 0.566. The Hall–Kier alpha value is -0.870. The summed E-state index contributed by atoms with van der Waals surface area (Å²) in [5.74, 6) is 0.145. The van der Waals surface area contributed by atoms with Crippen LogP contribution in [0.5, 0.6) is 0 Å². The summed E-state index contributed by atoms with van der Waals surface area (Å²) < 4.78 is 24.2. The second-order valence-electron chi connectivity index (χ2n) is 4.01. The van der Waals surface area contributed by atoms with Crippen molar-refractivity contribution in [2.45, 2.75) is 31.7 Å². The van der Waals surface area contributed by atoms with Crippen LogP contribution in [0.4, 0.5) is 0 Å². The summed E-state index contributed by atoms with van der Waals surface area (Å²) in [5, 5.41) is 3.11. The summed E-state index contributed by atoms with van der Waals surface area (Å²) in [6.45, 7) is 6.46. The molecule has 3 nitrogen and oxygen atoms in total. The Morgan fingerprint density at radius 3 is 2.50 bits per heavy atom. The molecule has 1 atom stereocenters. The van der Waals surface area contributed by atoms with E-state index in [1.807, 2.05) is 32.9 Å². The molecule has 1 aromatic carbocycles. The molecule has 0 aliphatic heterocycles. The Morgan fingerprint density at radius 2 is 1.94 bits per heavy atom. The first-order valence-corrected chi connectivity index (χ1v) is 7.14. The molecule has 0 bridgehead atoms. The number of hydrogen-bond donors (Lipinski definition) is 1. The number of rotatable bonds is 5. The molecular weight excluding hydrogens is 222 g/mol. The molecule has 0 heterocycles. The third-order valence-corrected chi connectivity index (χ3v) is 4.52. The third-order valence-electron chi connectivity index (χ3n) is 2.45. The van der Waals surface area contributed by atoms with Crippen molar-refractivity contribution >= 4 is 9.84 Å². The Morgan fingerprint density at radius 1 is 1.31 bits per heavy atom. The van der Waals surface area contributed by atoms with Gasteiger partial charge < -0.3 is 5.32 Å². The third kappa shape index (κ3) is 3.32. The van der Waals surface area contributed by atoms with Crippen molar-refractivity contribution in [3.8, 4) is 0 Å². The van der Waals surface area contributed by atoms with Gasteiger partial charge in [-0.3, -0.25) is 0 Å². The number of hydrogen-bond acceptors (Lipinski definition) is 3. The highest BCUT2D eigenvalue weighted by Gasteiger charge is 2.19. The van der Waals surface area contributed by atoms with E-state index >= 15 is 0 Å². The topological polar surface area (TPSA) is 46.2 Å². The van der Waals surface area contributed by atoms with Gasteiger partial charge in [-0.15, -0.1) is 0 Å². The summed E-state index contributed by atoms with van der Waals surface area (Å²) in [6, 6.07) is 7.09. The molecule has 16 heavy (non-hydrogen) atoms. The SMILES string of the molecule is CCNC(C)CS(=O)(=O)c1ccccc1C. The van der Waals surface area contributed by atoms with Crippen molar-refractivity contribution in [3.05, 3.63) is 29.8 Å². The summed E-state index contributed by atoms with van der Waals surface area (Å²) in [6.07, 6.45) is 0. The lowest BCUT2D eigenvalue weighted by atomic mass is 10.2. The first-order chi connectivity index (χ1) is 7.47. The molecule has 0 aliphatic rings. The highest BCUT2D eigenvalue weighted by atomic mass is 32.2. The van der Waals surface area contributed by atoms with Crippen LogP contribution in [0.1, 0.15) is 19.4 Å². The van der Waals surface area contributed by atoms with E-state index in [9.17, 15) is 8.42 Å². The Kier molecular flexibility index (Phi) is 4.50. The average molecular weight is 241 g/mol. The van der Waals surface area contributed by atoms with Gasteiger partial charge in [-0.25, -0.2) is 8.42 Å². The smallest absolute Gasteiger partial charge is 0.180 e. The minimum Gasteiger partial charge on any atom is -0.314 e. The maximum Gasteiger partial charge on any atom is 0.180 e. The molecule has 0 aliphatic carbocycles. The van der Waals surface area contributed by atoms with Crippen molar-refractivity contribution < 1.29 is 8.42 Å². The zero-order valence-corrected chi connectivity index (χ0v) is 10.8. The highest BCUT2D eigenvalue weighted by Crippen LogP contribution is 2.16. The van der Waals surface area contributed by atoms with Crippen LogP contribution >= 0.6 is 0 Å². The van der Waals surface area contributed by atoms with Crippen LogP contribution < -0.4 is 5.32 Å². The minimum atomic E-state index is -3.17. The second-order valence-corrected chi connectivity index (χ2v) is 6.01. The molecular formula is C12H19NO2S. The molecule has 1 rings (SSSR count). The van der Waals surface area contributed by atoms with Gasteiger partial charge in [0.25, 0.3) is 0 Å². The van der Waals surface area contributed by atoms with Gasteiger partial charge in [0, 0.05) is 6.04 Å². The quantitative estimate of drug-likeness (QED) is 0.854. The van der Waals surface area contributed by atoms with E-state index in [1.54, 1.807) is 12.1 Å². The Balaban J connectivity index is 2.91. The molecule has 0 fully saturated rings.